The first-order valence-electron chi connectivity index (χ1n) is 10.7. The lowest BCUT2D eigenvalue weighted by Crippen LogP contribution is -2.47. The summed E-state index contributed by atoms with van der Waals surface area (Å²) in [5.41, 5.74) is 7.56. The Kier molecular flexibility index (Phi) is 5.44. The van der Waals surface area contributed by atoms with Crippen molar-refractivity contribution in [2.75, 3.05) is 37.0 Å². The van der Waals surface area contributed by atoms with Crippen LogP contribution in [0.2, 0.25) is 5.02 Å². The third-order valence-electron chi connectivity index (χ3n) is 6.78. The summed E-state index contributed by atoms with van der Waals surface area (Å²) in [4.78, 5) is 15.2. The maximum Gasteiger partial charge on any atom is 0.212 e. The Morgan fingerprint density at radius 2 is 2.00 bits per heavy atom. The number of aromatic nitrogens is 5. The smallest absolute Gasteiger partial charge is 0.212 e. The average molecular weight is 459 g/mol. The lowest BCUT2D eigenvalue weighted by Gasteiger charge is -2.42. The Morgan fingerprint density at radius 3 is 2.71 bits per heavy atom. The third kappa shape index (κ3) is 3.62. The van der Waals surface area contributed by atoms with Gasteiger partial charge in [-0.3, -0.25) is 0 Å². The van der Waals surface area contributed by atoms with Crippen LogP contribution in [0.25, 0.3) is 5.65 Å². The lowest BCUT2D eigenvalue weighted by atomic mass is 9.74. The monoisotopic (exact) mass is 458 g/mol. The largest absolute Gasteiger partial charge is 0.361 e. The Labute approximate surface area is 191 Å². The van der Waals surface area contributed by atoms with E-state index in [0.717, 1.165) is 59.6 Å². The van der Waals surface area contributed by atoms with Gasteiger partial charge in [0.1, 0.15) is 12.1 Å². The van der Waals surface area contributed by atoms with Gasteiger partial charge >= 0.3 is 0 Å². The van der Waals surface area contributed by atoms with Gasteiger partial charge in [-0.1, -0.05) is 29.8 Å². The van der Waals surface area contributed by atoms with Crippen LogP contribution in [-0.2, 0) is 0 Å². The van der Waals surface area contributed by atoms with E-state index in [1.165, 1.54) is 24.6 Å². The van der Waals surface area contributed by atoms with Crippen LogP contribution in [0.15, 0.2) is 34.6 Å². The molecule has 0 radical (unpaired) electrons. The van der Waals surface area contributed by atoms with Crippen molar-refractivity contribution in [3.63, 3.8) is 0 Å². The van der Waals surface area contributed by atoms with Gasteiger partial charge in [-0.25, -0.2) is 14.4 Å². The molecular formula is C21H27ClN8S. The molecule has 0 bridgehead atoms. The highest BCUT2D eigenvalue weighted by molar-refractivity contribution is 7.99. The van der Waals surface area contributed by atoms with Gasteiger partial charge in [0, 0.05) is 50.5 Å². The number of hydrogen-bond acceptors (Lipinski definition) is 8. The van der Waals surface area contributed by atoms with Crippen molar-refractivity contribution in [1.82, 2.24) is 24.6 Å². The number of anilines is 2. The normalized spacial score (nSPS) is 20.6. The van der Waals surface area contributed by atoms with Crippen molar-refractivity contribution < 1.29 is 0 Å². The fourth-order valence-electron chi connectivity index (χ4n) is 4.95. The van der Waals surface area contributed by atoms with Crippen molar-refractivity contribution in [2.45, 2.75) is 47.9 Å². The van der Waals surface area contributed by atoms with E-state index in [9.17, 15) is 0 Å². The number of rotatable bonds is 4. The molecule has 2 N–H and O–H groups in total. The third-order valence-corrected chi connectivity index (χ3v) is 8.33. The van der Waals surface area contributed by atoms with Crippen LogP contribution in [0.3, 0.4) is 0 Å². The second-order valence-electron chi connectivity index (χ2n) is 8.74. The first kappa shape index (κ1) is 20.8. The summed E-state index contributed by atoms with van der Waals surface area (Å²) in [6.45, 7) is 1.92. The highest BCUT2D eigenvalue weighted by Gasteiger charge is 2.43. The van der Waals surface area contributed by atoms with Gasteiger partial charge in [-0.2, -0.15) is 0 Å². The maximum atomic E-state index is 6.60. The van der Waals surface area contributed by atoms with Crippen molar-refractivity contribution in [2.24, 2.45) is 11.1 Å². The number of pyridine rings is 1. The van der Waals surface area contributed by atoms with E-state index < -0.39 is 0 Å². The van der Waals surface area contributed by atoms with Crippen LogP contribution in [0, 0.1) is 5.41 Å². The van der Waals surface area contributed by atoms with E-state index in [-0.39, 0.29) is 0 Å². The highest BCUT2D eigenvalue weighted by atomic mass is 35.5. The quantitative estimate of drug-likeness (QED) is 0.635. The molecule has 3 aromatic rings. The second kappa shape index (κ2) is 8.11. The standard InChI is InChI=1S/C21H27ClN8S/c1-28(2)19-17(22)14(5-9-24-19)31-15-12-25-20(30-13-26-27-18(15)30)29-10-7-21(8-11-29)6-3-4-16(21)23/h5,9,12-13,16H,3-4,6-8,10-11,23H2,1-2H3/t16-/m1/s1. The van der Waals surface area contributed by atoms with Crippen molar-refractivity contribution in [3.05, 3.63) is 29.8 Å². The van der Waals surface area contributed by atoms with E-state index in [1.54, 1.807) is 12.5 Å². The number of nitrogens with zero attached hydrogens (tertiary/aromatic N) is 7. The van der Waals surface area contributed by atoms with Crippen LogP contribution in [0.1, 0.15) is 32.1 Å². The molecule has 5 rings (SSSR count). The van der Waals surface area contributed by atoms with Gasteiger partial charge in [0.15, 0.2) is 5.65 Å². The summed E-state index contributed by atoms with van der Waals surface area (Å²) in [6.07, 6.45) is 11.3. The van der Waals surface area contributed by atoms with Crippen LogP contribution < -0.4 is 15.5 Å². The Hall–Kier alpha value is -2.10. The minimum absolute atomic E-state index is 0.320. The summed E-state index contributed by atoms with van der Waals surface area (Å²) in [6, 6.07) is 2.25. The van der Waals surface area contributed by atoms with Gasteiger partial charge in [0.05, 0.1) is 9.92 Å². The molecule has 10 heteroatoms. The summed E-state index contributed by atoms with van der Waals surface area (Å²) in [7, 11) is 3.86. The Bertz CT molecular complexity index is 1090. The SMILES string of the molecule is CN(C)c1nccc(Sc2cnc(N3CCC4(CCC[C@H]4N)CC3)n3cnnc23)c1Cl. The van der Waals surface area contributed by atoms with Gasteiger partial charge in [0.25, 0.3) is 0 Å². The molecule has 1 saturated carbocycles. The molecule has 1 spiro atoms. The van der Waals surface area contributed by atoms with Gasteiger partial charge in [-0.05, 0) is 37.2 Å². The Balaban J connectivity index is 1.41. The predicted molar refractivity (Wildman–Crippen MR) is 124 cm³/mol. The molecule has 0 aromatic carbocycles. The van der Waals surface area contributed by atoms with E-state index in [1.807, 2.05) is 35.7 Å². The lowest BCUT2D eigenvalue weighted by molar-refractivity contribution is 0.197. The van der Waals surface area contributed by atoms with E-state index >= 15 is 0 Å². The number of hydrogen-bond donors (Lipinski definition) is 1. The second-order valence-corrected chi connectivity index (χ2v) is 10.2. The summed E-state index contributed by atoms with van der Waals surface area (Å²) < 4.78 is 1.98. The molecule has 4 heterocycles. The van der Waals surface area contributed by atoms with E-state index in [2.05, 4.69) is 20.1 Å². The van der Waals surface area contributed by atoms with Crippen LogP contribution in [0.4, 0.5) is 11.8 Å². The molecule has 1 aliphatic carbocycles. The van der Waals surface area contributed by atoms with Crippen molar-refractivity contribution >= 4 is 40.8 Å². The topological polar surface area (TPSA) is 88.5 Å². The van der Waals surface area contributed by atoms with Crippen LogP contribution in [0.5, 0.6) is 0 Å². The average Bonchev–Trinajstić information content (AvgIpc) is 3.38. The van der Waals surface area contributed by atoms with Crippen LogP contribution in [-0.4, -0.2) is 57.8 Å². The molecule has 164 valence electrons. The molecule has 1 atom stereocenters. The summed E-state index contributed by atoms with van der Waals surface area (Å²) in [5.74, 6) is 1.63. The van der Waals surface area contributed by atoms with Gasteiger partial charge < -0.3 is 15.5 Å². The van der Waals surface area contributed by atoms with E-state index in [4.69, 9.17) is 22.3 Å². The fourth-order valence-corrected chi connectivity index (χ4v) is 6.23. The number of nitrogens with two attached hydrogens (primary N) is 1. The molecule has 8 nitrogen and oxygen atoms in total. The van der Waals surface area contributed by atoms with E-state index in [0.29, 0.717) is 16.5 Å². The molecule has 0 unspecified atom stereocenters. The molecule has 2 fully saturated rings. The summed E-state index contributed by atoms with van der Waals surface area (Å²) >= 11 is 8.13. The first-order chi connectivity index (χ1) is 15.0. The fraction of sp³-hybridized carbons (Fsp3) is 0.524. The molecule has 0 amide bonds. The molecule has 31 heavy (non-hydrogen) atoms. The van der Waals surface area contributed by atoms with Crippen molar-refractivity contribution in [1.29, 1.82) is 0 Å². The molecule has 3 aromatic heterocycles. The van der Waals surface area contributed by atoms with Gasteiger partial charge in [-0.15, -0.1) is 10.2 Å². The maximum absolute atomic E-state index is 6.60. The molecule has 1 aliphatic heterocycles. The molecular weight excluding hydrogens is 432 g/mol. The summed E-state index contributed by atoms with van der Waals surface area (Å²) in [5, 5.41) is 9.17. The number of halogens is 1. The minimum atomic E-state index is 0.320. The van der Waals surface area contributed by atoms with Crippen molar-refractivity contribution in [3.8, 4) is 0 Å². The molecule has 2 aliphatic rings. The number of piperidine rings is 1. The predicted octanol–water partition coefficient (Wildman–Crippen LogP) is 3.49. The number of fused-ring (bicyclic) bond motifs is 1. The Morgan fingerprint density at radius 1 is 1.19 bits per heavy atom. The first-order valence-corrected chi connectivity index (χ1v) is 11.9. The van der Waals surface area contributed by atoms with Crippen LogP contribution >= 0.6 is 23.4 Å². The minimum Gasteiger partial charge on any atom is -0.361 e. The zero-order valence-corrected chi connectivity index (χ0v) is 19.4. The molecule has 1 saturated heterocycles. The van der Waals surface area contributed by atoms with Gasteiger partial charge in [0.2, 0.25) is 5.95 Å². The highest BCUT2D eigenvalue weighted by Crippen LogP contribution is 2.46. The zero-order chi connectivity index (χ0) is 21.6. The zero-order valence-electron chi connectivity index (χ0n) is 17.8.